The Balaban J connectivity index is 1.98. The number of cyclic esters (lactones) is 1. The number of rotatable bonds is 0. The Morgan fingerprint density at radius 3 is 2.53 bits per heavy atom. The van der Waals surface area contributed by atoms with E-state index in [1.54, 1.807) is 0 Å². The fourth-order valence-corrected chi connectivity index (χ4v) is 3.08. The topological polar surface area (TPSA) is 26.3 Å². The molecule has 0 N–H and O–H groups in total. The maximum atomic E-state index is 12.5. The number of hydrogen-bond acceptors (Lipinski definition) is 2. The second-order valence-electron chi connectivity index (χ2n) is 4.34. The summed E-state index contributed by atoms with van der Waals surface area (Å²) in [5, 5.41) is 0. The molecule has 82 valence electrons. The van der Waals surface area contributed by atoms with Gasteiger partial charge in [-0.05, 0) is 30.3 Å². The van der Waals surface area contributed by atoms with Crippen molar-refractivity contribution in [1.29, 1.82) is 0 Å². The third-order valence-corrected chi connectivity index (χ3v) is 3.62. The molecule has 3 aliphatic rings. The van der Waals surface area contributed by atoms with Crippen LogP contribution in [0.5, 0.6) is 0 Å². The summed E-state index contributed by atoms with van der Waals surface area (Å²) in [4.78, 5) is 11.3. The lowest BCUT2D eigenvalue weighted by Crippen LogP contribution is -2.37. The van der Waals surface area contributed by atoms with Gasteiger partial charge in [-0.25, -0.2) is 4.79 Å². The molecular weight excluding hydrogens is 209 g/mol. The fraction of sp³-hybridized carbons (Fsp3) is 0.700. The van der Waals surface area contributed by atoms with Crippen LogP contribution < -0.4 is 0 Å². The Labute approximate surface area is 84.1 Å². The molecule has 0 aromatic carbocycles. The van der Waals surface area contributed by atoms with E-state index in [0.29, 0.717) is 5.57 Å². The fourth-order valence-electron chi connectivity index (χ4n) is 3.08. The summed E-state index contributed by atoms with van der Waals surface area (Å²) in [5.41, 5.74) is 0.565. The zero-order valence-electron chi connectivity index (χ0n) is 7.80. The van der Waals surface area contributed by atoms with Gasteiger partial charge in [0.05, 0.1) is 0 Å². The molecule has 1 heterocycles. The van der Waals surface area contributed by atoms with E-state index >= 15 is 0 Å². The van der Waals surface area contributed by atoms with E-state index in [1.807, 2.05) is 0 Å². The second kappa shape index (κ2) is 2.57. The monoisotopic (exact) mass is 218 g/mol. The number of carbonyl (C=O) groups excluding carboxylic acids is 1. The predicted octanol–water partition coefficient (Wildman–Crippen LogP) is 2.20. The summed E-state index contributed by atoms with van der Waals surface area (Å²) < 4.78 is 42.0. The highest BCUT2D eigenvalue weighted by atomic mass is 19.4. The minimum atomic E-state index is -4.44. The molecule has 0 saturated heterocycles. The van der Waals surface area contributed by atoms with Gasteiger partial charge in [-0.2, -0.15) is 13.2 Å². The van der Waals surface area contributed by atoms with Crippen molar-refractivity contribution >= 4 is 5.97 Å². The van der Waals surface area contributed by atoms with E-state index in [2.05, 4.69) is 4.74 Å². The van der Waals surface area contributed by atoms with Gasteiger partial charge in [0.1, 0.15) is 0 Å². The van der Waals surface area contributed by atoms with Crippen molar-refractivity contribution < 1.29 is 22.7 Å². The zero-order chi connectivity index (χ0) is 10.8. The van der Waals surface area contributed by atoms with E-state index in [1.165, 1.54) is 0 Å². The van der Waals surface area contributed by atoms with Crippen molar-refractivity contribution in [3.8, 4) is 0 Å². The second-order valence-corrected chi connectivity index (χ2v) is 4.34. The van der Waals surface area contributed by atoms with Crippen LogP contribution in [0.4, 0.5) is 13.2 Å². The van der Waals surface area contributed by atoms with Gasteiger partial charge in [0.2, 0.25) is 6.10 Å². The molecular formula is C10H9F3O2. The number of carbonyl (C=O) groups is 1. The van der Waals surface area contributed by atoms with E-state index in [4.69, 9.17) is 0 Å². The molecule has 3 atom stereocenters. The normalized spacial score (nSPS) is 38.6. The van der Waals surface area contributed by atoms with Gasteiger partial charge in [-0.15, -0.1) is 0 Å². The van der Waals surface area contributed by atoms with Gasteiger partial charge in [-0.3, -0.25) is 0 Å². The maximum absolute atomic E-state index is 12.5. The van der Waals surface area contributed by atoms with Crippen molar-refractivity contribution in [2.45, 2.75) is 31.5 Å². The van der Waals surface area contributed by atoms with Crippen molar-refractivity contribution in [3.05, 3.63) is 11.1 Å². The van der Waals surface area contributed by atoms with Gasteiger partial charge in [0.25, 0.3) is 0 Å². The van der Waals surface area contributed by atoms with Crippen LogP contribution in [-0.2, 0) is 9.53 Å². The Bertz CT molecular complexity index is 369. The van der Waals surface area contributed by atoms with Crippen molar-refractivity contribution in [2.24, 2.45) is 11.8 Å². The summed E-state index contributed by atoms with van der Waals surface area (Å²) in [6, 6.07) is 0. The molecule has 0 amide bonds. The van der Waals surface area contributed by atoms with Crippen molar-refractivity contribution in [2.75, 3.05) is 0 Å². The third kappa shape index (κ3) is 1.03. The van der Waals surface area contributed by atoms with Gasteiger partial charge < -0.3 is 4.74 Å². The third-order valence-electron chi connectivity index (χ3n) is 3.62. The molecule has 0 bridgehead atoms. The van der Waals surface area contributed by atoms with Crippen LogP contribution in [0, 0.1) is 11.8 Å². The standard InChI is InChI=1S/C10H9F3O2/c11-10(12,13)8-6-4-2-1-3-5(4)7(6)9(14)15-8/h4-5,8H,1-3H2. The number of halogens is 3. The van der Waals surface area contributed by atoms with Crippen LogP contribution in [0.15, 0.2) is 11.1 Å². The Hall–Kier alpha value is -1.00. The first-order valence-corrected chi connectivity index (χ1v) is 5.02. The number of alkyl halides is 3. The molecule has 1 fully saturated rings. The minimum Gasteiger partial charge on any atom is -0.445 e. The molecule has 0 radical (unpaired) electrons. The Morgan fingerprint density at radius 2 is 1.87 bits per heavy atom. The zero-order valence-corrected chi connectivity index (χ0v) is 7.80. The molecule has 3 rings (SSSR count). The number of esters is 1. The first-order valence-electron chi connectivity index (χ1n) is 5.02. The van der Waals surface area contributed by atoms with Crippen molar-refractivity contribution in [1.82, 2.24) is 0 Å². The molecule has 15 heavy (non-hydrogen) atoms. The minimum absolute atomic E-state index is 0.0434. The highest BCUT2D eigenvalue weighted by molar-refractivity contribution is 5.95. The van der Waals surface area contributed by atoms with E-state index in [0.717, 1.165) is 19.3 Å². The van der Waals surface area contributed by atoms with E-state index in [9.17, 15) is 18.0 Å². The van der Waals surface area contributed by atoms with Gasteiger partial charge in [-0.1, -0.05) is 6.42 Å². The lowest BCUT2D eigenvalue weighted by molar-refractivity contribution is -0.204. The molecule has 2 aliphatic carbocycles. The largest absolute Gasteiger partial charge is 0.445 e. The smallest absolute Gasteiger partial charge is 0.429 e. The molecule has 0 aromatic rings. The lowest BCUT2D eigenvalue weighted by atomic mass is 9.69. The lowest BCUT2D eigenvalue weighted by Gasteiger charge is -2.33. The van der Waals surface area contributed by atoms with E-state index < -0.39 is 18.2 Å². The van der Waals surface area contributed by atoms with Gasteiger partial charge in [0.15, 0.2) is 0 Å². The van der Waals surface area contributed by atoms with Gasteiger partial charge >= 0.3 is 12.1 Å². The van der Waals surface area contributed by atoms with E-state index in [-0.39, 0.29) is 17.4 Å². The molecule has 0 spiro atoms. The number of fused-ring (bicyclic) bond motifs is 3. The highest BCUT2D eigenvalue weighted by Crippen LogP contribution is 2.58. The molecule has 1 saturated carbocycles. The first-order chi connectivity index (χ1) is 7.00. The molecule has 2 nitrogen and oxygen atoms in total. The maximum Gasteiger partial charge on any atom is 0.429 e. The first kappa shape index (κ1) is 9.24. The average Bonchev–Trinajstić information content (AvgIpc) is 2.56. The van der Waals surface area contributed by atoms with Crippen molar-refractivity contribution in [3.63, 3.8) is 0 Å². The quantitative estimate of drug-likeness (QED) is 0.582. The average molecular weight is 218 g/mol. The molecule has 5 heteroatoms. The number of hydrogen-bond donors (Lipinski definition) is 0. The summed E-state index contributed by atoms with van der Waals surface area (Å²) in [6.07, 6.45) is -3.87. The summed E-state index contributed by atoms with van der Waals surface area (Å²) in [7, 11) is 0. The summed E-state index contributed by atoms with van der Waals surface area (Å²) in [5.74, 6) is -0.728. The summed E-state index contributed by atoms with van der Waals surface area (Å²) in [6.45, 7) is 0. The Morgan fingerprint density at radius 1 is 1.20 bits per heavy atom. The van der Waals surface area contributed by atoms with Crippen LogP contribution in [0.25, 0.3) is 0 Å². The summed E-state index contributed by atoms with van der Waals surface area (Å²) >= 11 is 0. The van der Waals surface area contributed by atoms with Crippen LogP contribution in [0.3, 0.4) is 0 Å². The van der Waals surface area contributed by atoms with Crippen LogP contribution in [-0.4, -0.2) is 18.2 Å². The SMILES string of the molecule is O=C1OC(C(F)(F)F)C2=C1C1CCCC21. The predicted molar refractivity (Wildman–Crippen MR) is 43.8 cm³/mol. The van der Waals surface area contributed by atoms with Crippen LogP contribution in [0.2, 0.25) is 0 Å². The van der Waals surface area contributed by atoms with Crippen LogP contribution in [0.1, 0.15) is 19.3 Å². The molecule has 3 unspecified atom stereocenters. The molecule has 0 aromatic heterocycles. The van der Waals surface area contributed by atoms with Gasteiger partial charge in [0, 0.05) is 5.57 Å². The molecule has 1 aliphatic heterocycles. The highest BCUT2D eigenvalue weighted by Gasteiger charge is 2.61. The van der Waals surface area contributed by atoms with Crippen LogP contribution >= 0.6 is 0 Å². The Kier molecular flexibility index (Phi) is 1.58. The number of ether oxygens (including phenoxy) is 1.